The molecule has 0 N–H and O–H groups in total. The van der Waals surface area contributed by atoms with E-state index < -0.39 is 0 Å². The second kappa shape index (κ2) is 7.17. The maximum Gasteiger partial charge on any atom is 0.410 e. The van der Waals surface area contributed by atoms with E-state index in [-0.39, 0.29) is 18.2 Å². The minimum atomic E-state index is -0.251. The molecule has 1 saturated heterocycles. The molecule has 0 unspecified atom stereocenters. The molecule has 2 rings (SSSR count). The number of rotatable bonds is 3. The highest BCUT2D eigenvalue weighted by Gasteiger charge is 2.35. The number of hydrogen-bond donors (Lipinski definition) is 0. The number of likely N-dealkylation sites (tertiary alicyclic amines) is 1. The number of ether oxygens (including phenoxy) is 1. The fourth-order valence-electron chi connectivity index (χ4n) is 3.17. The van der Waals surface area contributed by atoms with Gasteiger partial charge in [-0.2, -0.15) is 0 Å². The first-order chi connectivity index (χ1) is 10.1. The van der Waals surface area contributed by atoms with Crippen LogP contribution in [0.3, 0.4) is 0 Å². The van der Waals surface area contributed by atoms with E-state index in [2.05, 4.69) is 19.8 Å². The van der Waals surface area contributed by atoms with Gasteiger partial charge in [-0.05, 0) is 31.2 Å². The van der Waals surface area contributed by atoms with Gasteiger partial charge >= 0.3 is 6.09 Å². The molecule has 3 heteroatoms. The predicted octanol–water partition coefficient (Wildman–Crippen LogP) is 3.84. The molecule has 1 aliphatic rings. The molecule has 1 aliphatic heterocycles. The largest absolute Gasteiger partial charge is 0.445 e. The average molecular weight is 285 g/mol. The second-order valence-corrected chi connectivity index (χ2v) is 5.94. The summed E-state index contributed by atoms with van der Waals surface area (Å²) >= 11 is 0. The predicted molar refractivity (Wildman–Crippen MR) is 83.6 cm³/mol. The molecule has 21 heavy (non-hydrogen) atoms. The number of carbonyl (C=O) groups excluding carboxylic acids is 1. The number of amides is 1. The van der Waals surface area contributed by atoms with E-state index in [0.29, 0.717) is 18.9 Å². The molecule has 1 aromatic carbocycles. The zero-order chi connectivity index (χ0) is 15.2. The molecule has 1 heterocycles. The van der Waals surface area contributed by atoms with Crippen LogP contribution >= 0.6 is 0 Å². The highest BCUT2D eigenvalue weighted by Crippen LogP contribution is 2.29. The molecule has 3 atom stereocenters. The minimum absolute atomic E-state index is 0.0945. The molecule has 112 valence electrons. The van der Waals surface area contributed by atoms with Crippen molar-refractivity contribution in [1.29, 1.82) is 0 Å². The maximum atomic E-state index is 12.4. The third kappa shape index (κ3) is 4.01. The van der Waals surface area contributed by atoms with Crippen LogP contribution in [0.1, 0.15) is 38.7 Å². The Balaban J connectivity index is 2.00. The fourth-order valence-corrected chi connectivity index (χ4v) is 3.17. The van der Waals surface area contributed by atoms with Crippen molar-refractivity contribution in [2.75, 3.05) is 0 Å². The topological polar surface area (TPSA) is 29.5 Å². The molecule has 1 fully saturated rings. The summed E-state index contributed by atoms with van der Waals surface area (Å²) in [5.41, 5.74) is 0.998. The smallest absolute Gasteiger partial charge is 0.410 e. The highest BCUT2D eigenvalue weighted by molar-refractivity contribution is 5.68. The van der Waals surface area contributed by atoms with Gasteiger partial charge in [0.1, 0.15) is 6.61 Å². The van der Waals surface area contributed by atoms with Gasteiger partial charge in [0.15, 0.2) is 0 Å². The lowest BCUT2D eigenvalue weighted by molar-refractivity contribution is 0.0357. The van der Waals surface area contributed by atoms with Crippen molar-refractivity contribution in [1.82, 2.24) is 4.90 Å². The zero-order valence-electron chi connectivity index (χ0n) is 12.8. The summed E-state index contributed by atoms with van der Waals surface area (Å²) in [5.74, 6) is 3.28. The lowest BCUT2D eigenvalue weighted by Crippen LogP contribution is -2.50. The van der Waals surface area contributed by atoms with Gasteiger partial charge in [-0.15, -0.1) is 12.3 Å². The van der Waals surface area contributed by atoms with E-state index in [1.54, 1.807) is 0 Å². The van der Waals surface area contributed by atoms with Crippen LogP contribution in [0.4, 0.5) is 4.79 Å². The number of piperidine rings is 1. The van der Waals surface area contributed by atoms with Crippen molar-refractivity contribution in [3.05, 3.63) is 35.9 Å². The van der Waals surface area contributed by atoms with Gasteiger partial charge in [0.25, 0.3) is 0 Å². The third-order valence-electron chi connectivity index (χ3n) is 4.06. The van der Waals surface area contributed by atoms with Crippen LogP contribution in [0, 0.1) is 18.3 Å². The third-order valence-corrected chi connectivity index (χ3v) is 4.06. The minimum Gasteiger partial charge on any atom is -0.445 e. The van der Waals surface area contributed by atoms with Gasteiger partial charge < -0.3 is 9.64 Å². The lowest BCUT2D eigenvalue weighted by atomic mass is 9.87. The standard InChI is InChI=1S/C18H23NO2/c1-4-8-17-12-14(2)11-15(3)19(17)18(20)21-13-16-9-6-5-7-10-16/h1,5-7,9-10,14-15,17H,8,11-13H2,2-3H3/t14-,15+,17+/m1/s1. The van der Waals surface area contributed by atoms with E-state index in [1.165, 1.54) is 0 Å². The molecule has 0 aliphatic carbocycles. The summed E-state index contributed by atoms with van der Waals surface area (Å²) in [6, 6.07) is 10.0. The quantitative estimate of drug-likeness (QED) is 0.790. The van der Waals surface area contributed by atoms with Crippen LogP contribution in [0.5, 0.6) is 0 Å². The summed E-state index contributed by atoms with van der Waals surface area (Å²) in [6.07, 6.45) is 7.74. The van der Waals surface area contributed by atoms with Crippen LogP contribution < -0.4 is 0 Å². The Kier molecular flexibility index (Phi) is 5.27. The summed E-state index contributed by atoms with van der Waals surface area (Å²) < 4.78 is 5.47. The summed E-state index contributed by atoms with van der Waals surface area (Å²) in [7, 11) is 0. The van der Waals surface area contributed by atoms with E-state index >= 15 is 0 Å². The molecule has 1 aromatic rings. The van der Waals surface area contributed by atoms with Crippen molar-refractivity contribution < 1.29 is 9.53 Å². The summed E-state index contributed by atoms with van der Waals surface area (Å²) in [4.78, 5) is 14.2. The van der Waals surface area contributed by atoms with Crippen LogP contribution in [-0.2, 0) is 11.3 Å². The van der Waals surface area contributed by atoms with Gasteiger partial charge in [0.2, 0.25) is 0 Å². The zero-order valence-corrected chi connectivity index (χ0v) is 12.8. The first kappa shape index (κ1) is 15.4. The maximum absolute atomic E-state index is 12.4. The first-order valence-corrected chi connectivity index (χ1v) is 7.54. The molecular weight excluding hydrogens is 262 g/mol. The molecule has 3 nitrogen and oxygen atoms in total. The van der Waals surface area contributed by atoms with Gasteiger partial charge in [0, 0.05) is 18.5 Å². The van der Waals surface area contributed by atoms with E-state index in [0.717, 1.165) is 18.4 Å². The molecule has 0 aromatic heterocycles. The van der Waals surface area contributed by atoms with Gasteiger partial charge in [-0.25, -0.2) is 4.79 Å². The molecule has 0 spiro atoms. The Morgan fingerprint density at radius 2 is 2.05 bits per heavy atom. The van der Waals surface area contributed by atoms with Crippen LogP contribution in [0.2, 0.25) is 0 Å². The molecule has 1 amide bonds. The molecule has 0 radical (unpaired) electrons. The normalized spacial score (nSPS) is 25.2. The SMILES string of the molecule is C#CC[C@H]1C[C@H](C)C[C@H](C)N1C(=O)OCc1ccccc1. The first-order valence-electron chi connectivity index (χ1n) is 7.54. The number of hydrogen-bond acceptors (Lipinski definition) is 2. The number of terminal acetylenes is 1. The van der Waals surface area contributed by atoms with Crippen LogP contribution in [0.15, 0.2) is 30.3 Å². The van der Waals surface area contributed by atoms with Crippen molar-refractivity contribution in [3.63, 3.8) is 0 Å². The Morgan fingerprint density at radius 3 is 2.71 bits per heavy atom. The second-order valence-electron chi connectivity index (χ2n) is 5.94. The summed E-state index contributed by atoms with van der Waals surface area (Å²) in [6.45, 7) is 4.59. The number of benzene rings is 1. The van der Waals surface area contributed by atoms with Crippen molar-refractivity contribution in [2.24, 2.45) is 5.92 Å². The summed E-state index contributed by atoms with van der Waals surface area (Å²) in [5, 5.41) is 0. The lowest BCUT2D eigenvalue weighted by Gasteiger charge is -2.41. The Labute approximate surface area is 127 Å². The monoisotopic (exact) mass is 285 g/mol. The van der Waals surface area contributed by atoms with E-state index in [9.17, 15) is 4.79 Å². The van der Waals surface area contributed by atoms with E-state index in [4.69, 9.17) is 11.2 Å². The average Bonchev–Trinajstić information content (AvgIpc) is 2.46. The molecular formula is C18H23NO2. The molecule has 0 bridgehead atoms. The van der Waals surface area contributed by atoms with Crippen molar-refractivity contribution in [2.45, 2.75) is 51.8 Å². The van der Waals surface area contributed by atoms with Gasteiger partial charge in [0.05, 0.1) is 0 Å². The number of carbonyl (C=O) groups is 1. The van der Waals surface area contributed by atoms with E-state index in [1.807, 2.05) is 35.2 Å². The Hall–Kier alpha value is -1.95. The molecule has 0 saturated carbocycles. The van der Waals surface area contributed by atoms with Crippen LogP contribution in [-0.4, -0.2) is 23.1 Å². The van der Waals surface area contributed by atoms with Gasteiger partial charge in [-0.1, -0.05) is 37.3 Å². The fraction of sp³-hybridized carbons (Fsp3) is 0.500. The Morgan fingerprint density at radius 1 is 1.33 bits per heavy atom. The Bertz CT molecular complexity index is 506. The number of nitrogens with zero attached hydrogens (tertiary/aromatic N) is 1. The van der Waals surface area contributed by atoms with Crippen molar-refractivity contribution >= 4 is 6.09 Å². The van der Waals surface area contributed by atoms with Gasteiger partial charge in [-0.3, -0.25) is 0 Å². The van der Waals surface area contributed by atoms with Crippen LogP contribution in [0.25, 0.3) is 0 Å². The highest BCUT2D eigenvalue weighted by atomic mass is 16.6. The van der Waals surface area contributed by atoms with Crippen molar-refractivity contribution in [3.8, 4) is 12.3 Å².